The first-order valence-electron chi connectivity index (χ1n) is 7.74. The second-order valence-electron chi connectivity index (χ2n) is 5.61. The van der Waals surface area contributed by atoms with E-state index in [1.807, 2.05) is 6.07 Å². The minimum absolute atomic E-state index is 0.0281. The van der Waals surface area contributed by atoms with E-state index in [2.05, 4.69) is 10.3 Å². The Morgan fingerprint density at radius 3 is 2.31 bits per heavy atom. The van der Waals surface area contributed by atoms with Crippen LogP contribution in [0.4, 0.5) is 5.69 Å². The molecule has 0 aliphatic rings. The quantitative estimate of drug-likeness (QED) is 0.691. The molecule has 0 saturated heterocycles. The smallest absolute Gasteiger partial charge is 0.333 e. The lowest BCUT2D eigenvalue weighted by Crippen LogP contribution is -2.17. The summed E-state index contributed by atoms with van der Waals surface area (Å²) in [4.78, 5) is 27.6. The highest BCUT2D eigenvalue weighted by atomic mass is 16.4. The first-order valence-corrected chi connectivity index (χ1v) is 7.74. The Morgan fingerprint density at radius 1 is 1.15 bits per heavy atom. The van der Waals surface area contributed by atoms with Crippen LogP contribution in [0.3, 0.4) is 0 Å². The van der Waals surface area contributed by atoms with Crippen LogP contribution in [0.25, 0.3) is 0 Å². The Kier molecular flexibility index (Phi) is 6.06. The highest BCUT2D eigenvalue weighted by molar-refractivity contribution is 6.06. The number of phenolic OH excluding ortho intramolecular Hbond substituents is 1. The Labute approximate surface area is 150 Å². The normalized spacial score (nSPS) is 12.1. The van der Waals surface area contributed by atoms with Crippen molar-refractivity contribution in [1.82, 2.24) is 0 Å². The molecule has 1 atom stereocenters. The average Bonchev–Trinajstić information content (AvgIpc) is 2.61. The number of aliphatic imine (C=N–C) groups is 1. The molecule has 2 rings (SSSR count). The highest BCUT2D eigenvalue weighted by Crippen LogP contribution is 2.21. The van der Waals surface area contributed by atoms with E-state index in [0.717, 1.165) is 0 Å². The lowest BCUT2D eigenvalue weighted by molar-refractivity contribution is -0.138. The number of aliphatic carboxylic acids is 1. The van der Waals surface area contributed by atoms with Crippen LogP contribution < -0.4 is 5.32 Å². The first kappa shape index (κ1) is 18.7. The molecule has 7 nitrogen and oxygen atoms in total. The molecule has 7 heteroatoms. The van der Waals surface area contributed by atoms with Crippen molar-refractivity contribution < 1.29 is 19.8 Å². The number of carboxylic acids is 1. The lowest BCUT2D eigenvalue weighted by atomic mass is 10.1. The molecular weight excluding hydrogens is 334 g/mol. The number of nitrogens with zero attached hydrogens (tertiary/aromatic N) is 2. The fourth-order valence-corrected chi connectivity index (χ4v) is 2.26. The maximum atomic E-state index is 12.1. The number of carbonyl (C=O) groups excluding carboxylic acids is 1. The molecule has 0 aliphatic carbocycles. The van der Waals surface area contributed by atoms with Crippen molar-refractivity contribution in [3.63, 3.8) is 0 Å². The third kappa shape index (κ3) is 5.18. The van der Waals surface area contributed by atoms with Gasteiger partial charge in [0.15, 0.2) is 6.04 Å². The largest absolute Gasteiger partial charge is 0.508 e. The zero-order chi connectivity index (χ0) is 19.1. The maximum absolute atomic E-state index is 12.1. The van der Waals surface area contributed by atoms with Gasteiger partial charge in [-0.05, 0) is 48.9 Å². The molecule has 0 spiro atoms. The Hall–Kier alpha value is -3.66. The van der Waals surface area contributed by atoms with Gasteiger partial charge in [0.25, 0.3) is 0 Å². The molecule has 0 radical (unpaired) electrons. The summed E-state index contributed by atoms with van der Waals surface area (Å²) in [6.07, 6.45) is -0.0676. The minimum atomic E-state index is -1.15. The van der Waals surface area contributed by atoms with Crippen molar-refractivity contribution in [1.29, 1.82) is 5.26 Å². The summed E-state index contributed by atoms with van der Waals surface area (Å²) in [5.41, 5.74) is 1.79. The van der Waals surface area contributed by atoms with Crippen LogP contribution in [-0.4, -0.2) is 27.8 Å². The fraction of sp³-hybridized carbons (Fsp3) is 0.158. The van der Waals surface area contributed by atoms with Crippen LogP contribution in [0.1, 0.15) is 30.5 Å². The third-order valence-corrected chi connectivity index (χ3v) is 3.51. The predicted octanol–water partition coefficient (Wildman–Crippen LogP) is 2.88. The zero-order valence-electron chi connectivity index (χ0n) is 14.0. The van der Waals surface area contributed by atoms with E-state index >= 15 is 0 Å². The molecule has 2 aromatic carbocycles. The Morgan fingerprint density at radius 2 is 1.77 bits per heavy atom. The number of nitriles is 1. The number of hydrogen-bond acceptors (Lipinski definition) is 5. The van der Waals surface area contributed by atoms with Gasteiger partial charge in [-0.25, -0.2) is 4.79 Å². The molecule has 1 amide bonds. The number of carbonyl (C=O) groups is 2. The number of benzene rings is 2. The maximum Gasteiger partial charge on any atom is 0.333 e. The Bertz CT molecular complexity index is 865. The van der Waals surface area contributed by atoms with Crippen LogP contribution in [-0.2, 0) is 9.59 Å². The molecular formula is C19H17N3O4. The fourth-order valence-electron chi connectivity index (χ4n) is 2.26. The second kappa shape index (κ2) is 8.44. The number of amides is 1. The molecule has 0 aromatic heterocycles. The number of carboxylic acid groups (broad SMARTS) is 1. The van der Waals surface area contributed by atoms with E-state index in [1.54, 1.807) is 31.2 Å². The summed E-state index contributed by atoms with van der Waals surface area (Å²) in [5, 5.41) is 30.1. The minimum Gasteiger partial charge on any atom is -0.508 e. The summed E-state index contributed by atoms with van der Waals surface area (Å²) in [7, 11) is 0. The van der Waals surface area contributed by atoms with Crippen LogP contribution in [0.2, 0.25) is 0 Å². The van der Waals surface area contributed by atoms with Crippen molar-refractivity contribution in [2.45, 2.75) is 19.4 Å². The molecule has 0 bridgehead atoms. The van der Waals surface area contributed by atoms with Crippen molar-refractivity contribution in [2.75, 3.05) is 5.32 Å². The van der Waals surface area contributed by atoms with Gasteiger partial charge in [-0.15, -0.1) is 0 Å². The summed E-state index contributed by atoms with van der Waals surface area (Å²) >= 11 is 0. The van der Waals surface area contributed by atoms with Crippen LogP contribution >= 0.6 is 0 Å². The third-order valence-electron chi connectivity index (χ3n) is 3.51. The molecule has 132 valence electrons. The average molecular weight is 351 g/mol. The van der Waals surface area contributed by atoms with E-state index < -0.39 is 12.0 Å². The van der Waals surface area contributed by atoms with Crippen LogP contribution in [0, 0.1) is 11.3 Å². The summed E-state index contributed by atoms with van der Waals surface area (Å²) in [6, 6.07) is 12.9. The number of rotatable bonds is 6. The number of anilines is 1. The molecule has 0 heterocycles. The summed E-state index contributed by atoms with van der Waals surface area (Å²) < 4.78 is 0. The van der Waals surface area contributed by atoms with Gasteiger partial charge in [0, 0.05) is 11.4 Å². The summed E-state index contributed by atoms with van der Waals surface area (Å²) in [5.74, 6) is -1.46. The standard InChI is InChI=1S/C19H17N3O4/c1-12(10-17(24)22-15-6-2-13(11-20)3-7-15)21-18(19(25)26)14-4-8-16(23)9-5-14/h2-9,18,23H,10H2,1H3,(H,22,24)(H,25,26). The number of nitrogens with one attached hydrogen (secondary N) is 1. The lowest BCUT2D eigenvalue weighted by Gasteiger charge is -2.10. The van der Waals surface area contributed by atoms with E-state index in [4.69, 9.17) is 5.26 Å². The van der Waals surface area contributed by atoms with Gasteiger partial charge in [0.2, 0.25) is 5.91 Å². The van der Waals surface area contributed by atoms with Crippen LogP contribution in [0.15, 0.2) is 53.5 Å². The monoisotopic (exact) mass is 351 g/mol. The molecule has 0 aliphatic heterocycles. The van der Waals surface area contributed by atoms with Gasteiger partial charge in [-0.2, -0.15) is 5.26 Å². The van der Waals surface area contributed by atoms with E-state index in [0.29, 0.717) is 22.5 Å². The molecule has 26 heavy (non-hydrogen) atoms. The molecule has 2 aromatic rings. The van der Waals surface area contributed by atoms with Crippen molar-refractivity contribution >= 4 is 23.3 Å². The topological polar surface area (TPSA) is 123 Å². The number of hydrogen-bond donors (Lipinski definition) is 3. The van der Waals surface area contributed by atoms with Crippen molar-refractivity contribution in [3.8, 4) is 11.8 Å². The van der Waals surface area contributed by atoms with E-state index in [1.165, 1.54) is 24.3 Å². The van der Waals surface area contributed by atoms with Crippen molar-refractivity contribution in [3.05, 3.63) is 59.7 Å². The predicted molar refractivity (Wildman–Crippen MR) is 96.0 cm³/mol. The number of aromatic hydroxyl groups is 1. The number of phenols is 1. The van der Waals surface area contributed by atoms with Gasteiger partial charge in [0.1, 0.15) is 5.75 Å². The molecule has 1 unspecified atom stereocenters. The second-order valence-corrected chi connectivity index (χ2v) is 5.61. The van der Waals surface area contributed by atoms with Crippen LogP contribution in [0.5, 0.6) is 5.75 Å². The van der Waals surface area contributed by atoms with E-state index in [9.17, 15) is 19.8 Å². The zero-order valence-corrected chi connectivity index (χ0v) is 14.0. The molecule has 0 saturated carbocycles. The van der Waals surface area contributed by atoms with E-state index in [-0.39, 0.29) is 18.1 Å². The van der Waals surface area contributed by atoms with Gasteiger partial charge >= 0.3 is 5.97 Å². The van der Waals surface area contributed by atoms with Gasteiger partial charge in [0.05, 0.1) is 18.1 Å². The SMILES string of the molecule is CC(CC(=O)Nc1ccc(C#N)cc1)=NC(C(=O)O)c1ccc(O)cc1. The van der Waals surface area contributed by atoms with Gasteiger partial charge < -0.3 is 15.5 Å². The van der Waals surface area contributed by atoms with Gasteiger partial charge in [-0.1, -0.05) is 12.1 Å². The Balaban J connectivity index is 2.06. The van der Waals surface area contributed by atoms with Gasteiger partial charge in [-0.3, -0.25) is 9.79 Å². The first-order chi connectivity index (χ1) is 12.4. The van der Waals surface area contributed by atoms with Crippen molar-refractivity contribution in [2.24, 2.45) is 4.99 Å². The molecule has 0 fully saturated rings. The summed E-state index contributed by atoms with van der Waals surface area (Å²) in [6.45, 7) is 1.58. The highest BCUT2D eigenvalue weighted by Gasteiger charge is 2.19. The molecule has 3 N–H and O–H groups in total.